The third-order valence-corrected chi connectivity index (χ3v) is 2.28. The molecule has 1 N–H and O–H groups in total. The van der Waals surface area contributed by atoms with E-state index in [0.29, 0.717) is 0 Å². The van der Waals surface area contributed by atoms with Crippen molar-refractivity contribution in [3.63, 3.8) is 0 Å². The van der Waals surface area contributed by atoms with E-state index in [2.05, 4.69) is 23.5 Å². The van der Waals surface area contributed by atoms with Crippen LogP contribution < -0.4 is 5.32 Å². The Kier molecular flexibility index (Phi) is 1.91. The zero-order chi connectivity index (χ0) is 7.52. The highest BCUT2D eigenvalue weighted by Crippen LogP contribution is 2.20. The van der Waals surface area contributed by atoms with Crippen LogP contribution in [0.1, 0.15) is 17.9 Å². The smallest absolute Gasteiger partial charge is 0.00206 e. The molecule has 0 spiro atoms. The second kappa shape index (κ2) is 3.05. The molecule has 0 aromatic heterocycles. The minimum absolute atomic E-state index is 0.740. The maximum Gasteiger partial charge on any atom is 0.00206 e. The minimum atomic E-state index is 0.740. The summed E-state index contributed by atoms with van der Waals surface area (Å²) >= 11 is 0. The summed E-state index contributed by atoms with van der Waals surface area (Å²) in [5.74, 6) is 0.740. The van der Waals surface area contributed by atoms with Crippen molar-refractivity contribution in [1.29, 1.82) is 0 Å². The molecule has 1 heteroatoms. The van der Waals surface area contributed by atoms with Crippen LogP contribution in [0.3, 0.4) is 0 Å². The van der Waals surface area contributed by atoms with E-state index in [1.165, 1.54) is 18.5 Å². The fourth-order valence-corrected chi connectivity index (χ4v) is 1.61. The van der Waals surface area contributed by atoms with Crippen LogP contribution in [-0.4, -0.2) is 13.1 Å². The van der Waals surface area contributed by atoms with E-state index in [-0.39, 0.29) is 0 Å². The topological polar surface area (TPSA) is 12.0 Å². The van der Waals surface area contributed by atoms with Gasteiger partial charge in [0.15, 0.2) is 0 Å². The Hall–Kier alpha value is -0.820. The molecule has 1 saturated heterocycles. The van der Waals surface area contributed by atoms with Gasteiger partial charge in [-0.25, -0.2) is 0 Å². The normalized spacial score (nSPS) is 23.8. The molecule has 57 valence electrons. The second-order valence-corrected chi connectivity index (χ2v) is 3.02. The van der Waals surface area contributed by atoms with Gasteiger partial charge >= 0.3 is 0 Å². The number of benzene rings is 1. The molecular weight excluding hydrogens is 134 g/mol. The largest absolute Gasteiger partial charge is 0.316 e. The van der Waals surface area contributed by atoms with Gasteiger partial charge in [0.2, 0.25) is 0 Å². The van der Waals surface area contributed by atoms with Crippen molar-refractivity contribution < 1.29 is 0 Å². The molecule has 1 heterocycles. The summed E-state index contributed by atoms with van der Waals surface area (Å²) in [5, 5.41) is 3.36. The van der Waals surface area contributed by atoms with Crippen LogP contribution >= 0.6 is 0 Å². The Morgan fingerprint density at radius 1 is 1.36 bits per heavy atom. The molecule has 1 unspecified atom stereocenters. The van der Waals surface area contributed by atoms with E-state index in [0.717, 1.165) is 12.5 Å². The molecule has 0 amide bonds. The maximum atomic E-state index is 3.36. The van der Waals surface area contributed by atoms with Gasteiger partial charge in [-0.05, 0) is 30.5 Å². The zero-order valence-electron chi connectivity index (χ0n) is 6.51. The first-order valence-corrected chi connectivity index (χ1v) is 4.13. The van der Waals surface area contributed by atoms with Gasteiger partial charge in [0.05, 0.1) is 0 Å². The van der Waals surface area contributed by atoms with Crippen molar-refractivity contribution >= 4 is 0 Å². The third kappa shape index (κ3) is 1.43. The van der Waals surface area contributed by atoms with Crippen molar-refractivity contribution in [2.75, 3.05) is 13.1 Å². The lowest BCUT2D eigenvalue weighted by atomic mass is 9.99. The lowest BCUT2D eigenvalue weighted by Gasteiger charge is -2.06. The van der Waals surface area contributed by atoms with Crippen LogP contribution in [-0.2, 0) is 0 Å². The van der Waals surface area contributed by atoms with Crippen molar-refractivity contribution in [2.45, 2.75) is 12.3 Å². The van der Waals surface area contributed by atoms with Crippen molar-refractivity contribution in [3.05, 3.63) is 35.9 Å². The Morgan fingerprint density at radius 3 is 2.82 bits per heavy atom. The van der Waals surface area contributed by atoms with Crippen LogP contribution in [0.2, 0.25) is 0 Å². The van der Waals surface area contributed by atoms with E-state index >= 15 is 0 Å². The average molecular weight is 146 g/mol. The molecule has 1 aliphatic rings. The Morgan fingerprint density at radius 2 is 2.18 bits per heavy atom. The Labute approximate surface area is 67.4 Å². The molecular formula is C10H12N. The van der Waals surface area contributed by atoms with E-state index in [9.17, 15) is 0 Å². The molecule has 1 aromatic carbocycles. The number of nitrogens with one attached hydrogen (secondary N) is 1. The molecule has 1 radical (unpaired) electrons. The molecule has 1 nitrogen and oxygen atoms in total. The van der Waals surface area contributed by atoms with Crippen LogP contribution in [0.25, 0.3) is 0 Å². The van der Waals surface area contributed by atoms with Crippen LogP contribution in [0, 0.1) is 6.07 Å². The van der Waals surface area contributed by atoms with Gasteiger partial charge in [-0.1, -0.05) is 24.3 Å². The van der Waals surface area contributed by atoms with Crippen LogP contribution in [0.15, 0.2) is 24.3 Å². The average Bonchev–Trinajstić information content (AvgIpc) is 2.58. The first-order valence-electron chi connectivity index (χ1n) is 4.13. The number of hydrogen-bond acceptors (Lipinski definition) is 1. The van der Waals surface area contributed by atoms with Gasteiger partial charge in [0.25, 0.3) is 0 Å². The number of hydrogen-bond donors (Lipinski definition) is 1. The highest BCUT2D eigenvalue weighted by molar-refractivity contribution is 5.20. The molecule has 0 aliphatic carbocycles. The lowest BCUT2D eigenvalue weighted by Crippen LogP contribution is -2.07. The molecule has 1 aromatic rings. The van der Waals surface area contributed by atoms with E-state index in [4.69, 9.17) is 0 Å². The fraction of sp³-hybridized carbons (Fsp3) is 0.400. The molecule has 1 atom stereocenters. The van der Waals surface area contributed by atoms with Crippen molar-refractivity contribution in [1.82, 2.24) is 5.32 Å². The Bertz CT molecular complexity index is 212. The quantitative estimate of drug-likeness (QED) is 0.634. The summed E-state index contributed by atoms with van der Waals surface area (Å²) in [4.78, 5) is 0. The summed E-state index contributed by atoms with van der Waals surface area (Å²) in [6, 6.07) is 11.4. The minimum Gasteiger partial charge on any atom is -0.316 e. The van der Waals surface area contributed by atoms with Crippen LogP contribution in [0.5, 0.6) is 0 Å². The lowest BCUT2D eigenvalue weighted by molar-refractivity contribution is 0.763. The summed E-state index contributed by atoms with van der Waals surface area (Å²) < 4.78 is 0. The van der Waals surface area contributed by atoms with Crippen molar-refractivity contribution in [2.24, 2.45) is 0 Å². The summed E-state index contributed by atoms with van der Waals surface area (Å²) in [6.07, 6.45) is 1.28. The van der Waals surface area contributed by atoms with E-state index in [1.807, 2.05) is 12.1 Å². The zero-order valence-corrected chi connectivity index (χ0v) is 6.51. The SMILES string of the molecule is [c]1ccc(C2CCNC2)cc1. The van der Waals surface area contributed by atoms with Crippen LogP contribution in [0.4, 0.5) is 0 Å². The van der Waals surface area contributed by atoms with Crippen molar-refractivity contribution in [3.8, 4) is 0 Å². The predicted molar refractivity (Wildman–Crippen MR) is 45.5 cm³/mol. The fourth-order valence-electron chi connectivity index (χ4n) is 1.61. The highest BCUT2D eigenvalue weighted by Gasteiger charge is 2.15. The summed E-state index contributed by atoms with van der Waals surface area (Å²) in [7, 11) is 0. The highest BCUT2D eigenvalue weighted by atomic mass is 14.9. The molecule has 1 fully saturated rings. The first-order chi connectivity index (χ1) is 5.47. The molecule has 2 rings (SSSR count). The van der Waals surface area contributed by atoms with Gasteiger partial charge in [-0.15, -0.1) is 0 Å². The van der Waals surface area contributed by atoms with Gasteiger partial charge in [0, 0.05) is 6.54 Å². The predicted octanol–water partition coefficient (Wildman–Crippen LogP) is 1.56. The first kappa shape index (κ1) is 6.86. The van der Waals surface area contributed by atoms with Gasteiger partial charge in [0.1, 0.15) is 0 Å². The Balaban J connectivity index is 2.16. The molecule has 1 aliphatic heterocycles. The summed E-state index contributed by atoms with van der Waals surface area (Å²) in [5.41, 5.74) is 1.45. The van der Waals surface area contributed by atoms with Gasteiger partial charge < -0.3 is 5.32 Å². The van der Waals surface area contributed by atoms with E-state index < -0.39 is 0 Å². The molecule has 11 heavy (non-hydrogen) atoms. The van der Waals surface area contributed by atoms with E-state index in [1.54, 1.807) is 0 Å². The third-order valence-electron chi connectivity index (χ3n) is 2.28. The molecule has 0 saturated carbocycles. The monoisotopic (exact) mass is 146 g/mol. The summed E-state index contributed by atoms with van der Waals surface area (Å²) in [6.45, 7) is 2.31. The van der Waals surface area contributed by atoms with Gasteiger partial charge in [-0.2, -0.15) is 0 Å². The molecule has 0 bridgehead atoms. The standard InChI is InChI=1S/C10H12N/c1-2-4-9(5-3-1)10-6-7-11-8-10/h2-5,10-11H,6-8H2. The van der Waals surface area contributed by atoms with Gasteiger partial charge in [-0.3, -0.25) is 0 Å². The number of rotatable bonds is 1. The second-order valence-electron chi connectivity index (χ2n) is 3.02. The maximum absolute atomic E-state index is 3.36.